The second-order valence-electron chi connectivity index (χ2n) is 7.06. The molecule has 0 saturated heterocycles. The van der Waals surface area contributed by atoms with Crippen LogP contribution in [0.4, 0.5) is 0 Å². The minimum atomic E-state index is -1.62. The zero-order valence-corrected chi connectivity index (χ0v) is 17.0. The van der Waals surface area contributed by atoms with Crippen molar-refractivity contribution in [2.45, 2.75) is 64.2 Å². The van der Waals surface area contributed by atoms with E-state index in [9.17, 15) is 28.8 Å². The Kier molecular flexibility index (Phi) is 11.0. The Hall–Kier alpha value is -3.22. The third kappa shape index (κ3) is 9.82. The van der Waals surface area contributed by atoms with Gasteiger partial charge in [0.2, 0.25) is 23.6 Å². The number of nitrogens with one attached hydrogen (secondary N) is 3. The average molecular weight is 431 g/mol. The van der Waals surface area contributed by atoms with Gasteiger partial charge in [-0.3, -0.25) is 28.8 Å². The van der Waals surface area contributed by atoms with Gasteiger partial charge in [-0.05, 0) is 19.3 Å². The largest absolute Gasteiger partial charge is 0.481 e. The Morgan fingerprint density at radius 2 is 1.33 bits per heavy atom. The predicted molar refractivity (Wildman–Crippen MR) is 103 cm³/mol. The van der Waals surface area contributed by atoms with E-state index in [4.69, 9.17) is 21.7 Å². The lowest BCUT2D eigenvalue weighted by Crippen LogP contribution is -2.57. The first-order valence-electron chi connectivity index (χ1n) is 9.15. The summed E-state index contributed by atoms with van der Waals surface area (Å²) in [4.78, 5) is 70.0. The van der Waals surface area contributed by atoms with Crippen molar-refractivity contribution in [1.29, 1.82) is 0 Å². The summed E-state index contributed by atoms with van der Waals surface area (Å²) in [6.45, 7) is 4.52. The number of carbonyl (C=O) groups excluding carboxylic acids is 4. The van der Waals surface area contributed by atoms with Gasteiger partial charge < -0.3 is 37.6 Å². The Labute approximate surface area is 172 Å². The maximum Gasteiger partial charge on any atom is 0.325 e. The predicted octanol–water partition coefficient (Wildman–Crippen LogP) is -2.73. The lowest BCUT2D eigenvalue weighted by Gasteiger charge is -2.24. The van der Waals surface area contributed by atoms with E-state index in [1.165, 1.54) is 0 Å². The molecule has 0 aliphatic rings. The Balaban J connectivity index is 5.44. The molecule has 0 bridgehead atoms. The molecule has 0 spiro atoms. The molecular formula is C17H29N5O8. The number of primary amides is 1. The number of carboxylic acid groups (broad SMARTS) is 2. The molecule has 13 nitrogen and oxygen atoms in total. The summed E-state index contributed by atoms with van der Waals surface area (Å²) >= 11 is 0. The van der Waals surface area contributed by atoms with Crippen LogP contribution < -0.4 is 27.4 Å². The molecule has 0 radical (unpaired) electrons. The number of nitrogens with two attached hydrogens (primary N) is 2. The number of carboxylic acids is 2. The lowest BCUT2D eigenvalue weighted by atomic mass is 10.0. The number of carbonyl (C=O) groups is 6. The SMILES string of the molecule is CC(NC(=O)C(CC(=O)O)NC(=O)C(CCC(N)=O)NC(=O)C(N)C(C)C)C(=O)O. The molecule has 170 valence electrons. The normalized spacial score (nSPS) is 14.7. The van der Waals surface area contributed by atoms with E-state index in [2.05, 4.69) is 16.0 Å². The first-order chi connectivity index (χ1) is 13.8. The number of rotatable bonds is 13. The van der Waals surface area contributed by atoms with E-state index in [-0.39, 0.29) is 18.8 Å². The average Bonchev–Trinajstić information content (AvgIpc) is 2.62. The summed E-state index contributed by atoms with van der Waals surface area (Å²) in [6, 6.07) is -5.23. The van der Waals surface area contributed by atoms with Crippen molar-refractivity contribution in [2.24, 2.45) is 17.4 Å². The van der Waals surface area contributed by atoms with Crippen LogP contribution in [0.2, 0.25) is 0 Å². The molecule has 0 aromatic heterocycles. The van der Waals surface area contributed by atoms with E-state index >= 15 is 0 Å². The Morgan fingerprint density at radius 1 is 0.833 bits per heavy atom. The van der Waals surface area contributed by atoms with Crippen LogP contribution in [-0.4, -0.2) is 69.9 Å². The highest BCUT2D eigenvalue weighted by molar-refractivity contribution is 5.95. The third-order valence-corrected chi connectivity index (χ3v) is 4.07. The fourth-order valence-corrected chi connectivity index (χ4v) is 2.16. The van der Waals surface area contributed by atoms with E-state index < -0.39 is 66.2 Å². The van der Waals surface area contributed by atoms with Gasteiger partial charge in [-0.1, -0.05) is 13.8 Å². The molecule has 0 saturated carbocycles. The molecule has 4 unspecified atom stereocenters. The molecule has 4 amide bonds. The van der Waals surface area contributed by atoms with Gasteiger partial charge in [0, 0.05) is 6.42 Å². The van der Waals surface area contributed by atoms with Crippen molar-refractivity contribution in [3.05, 3.63) is 0 Å². The zero-order valence-electron chi connectivity index (χ0n) is 17.0. The maximum absolute atomic E-state index is 12.6. The van der Waals surface area contributed by atoms with Gasteiger partial charge in [0.1, 0.15) is 18.1 Å². The molecule has 4 atom stereocenters. The number of amides is 4. The summed E-state index contributed by atoms with van der Waals surface area (Å²) in [6.07, 6.45) is -1.34. The van der Waals surface area contributed by atoms with Crippen LogP contribution in [-0.2, 0) is 28.8 Å². The van der Waals surface area contributed by atoms with Crippen molar-refractivity contribution in [1.82, 2.24) is 16.0 Å². The molecular weight excluding hydrogens is 402 g/mol. The monoisotopic (exact) mass is 431 g/mol. The van der Waals surface area contributed by atoms with Crippen LogP contribution in [0.15, 0.2) is 0 Å². The van der Waals surface area contributed by atoms with Crippen LogP contribution >= 0.6 is 0 Å². The van der Waals surface area contributed by atoms with Gasteiger partial charge in [-0.2, -0.15) is 0 Å². The Bertz CT molecular complexity index is 681. The minimum Gasteiger partial charge on any atom is -0.481 e. The van der Waals surface area contributed by atoms with E-state index in [0.29, 0.717) is 0 Å². The second kappa shape index (κ2) is 12.4. The summed E-state index contributed by atoms with van der Waals surface area (Å²) in [5.41, 5.74) is 10.8. The minimum absolute atomic E-state index is 0.218. The molecule has 0 aromatic rings. The van der Waals surface area contributed by atoms with Gasteiger partial charge in [0.05, 0.1) is 12.5 Å². The van der Waals surface area contributed by atoms with Crippen LogP contribution in [0.5, 0.6) is 0 Å². The van der Waals surface area contributed by atoms with Crippen LogP contribution in [0.1, 0.15) is 40.0 Å². The first-order valence-corrected chi connectivity index (χ1v) is 9.15. The van der Waals surface area contributed by atoms with Gasteiger partial charge >= 0.3 is 11.9 Å². The molecule has 30 heavy (non-hydrogen) atoms. The van der Waals surface area contributed by atoms with Crippen molar-refractivity contribution in [2.75, 3.05) is 0 Å². The fraction of sp³-hybridized carbons (Fsp3) is 0.647. The molecule has 0 aliphatic carbocycles. The van der Waals surface area contributed by atoms with Gasteiger partial charge in [0.15, 0.2) is 0 Å². The highest BCUT2D eigenvalue weighted by Gasteiger charge is 2.31. The van der Waals surface area contributed by atoms with Crippen LogP contribution in [0.25, 0.3) is 0 Å². The molecule has 0 heterocycles. The molecule has 0 aliphatic heterocycles. The molecule has 9 N–H and O–H groups in total. The highest BCUT2D eigenvalue weighted by atomic mass is 16.4. The number of aliphatic carboxylic acids is 2. The third-order valence-electron chi connectivity index (χ3n) is 4.07. The smallest absolute Gasteiger partial charge is 0.325 e. The zero-order chi connectivity index (χ0) is 23.6. The van der Waals surface area contributed by atoms with Crippen LogP contribution in [0, 0.1) is 5.92 Å². The van der Waals surface area contributed by atoms with Crippen LogP contribution in [0.3, 0.4) is 0 Å². The molecule has 0 fully saturated rings. The molecule has 0 rings (SSSR count). The highest BCUT2D eigenvalue weighted by Crippen LogP contribution is 2.04. The fourth-order valence-electron chi connectivity index (χ4n) is 2.16. The topological polar surface area (TPSA) is 231 Å². The van der Waals surface area contributed by atoms with E-state index in [1.807, 2.05) is 0 Å². The van der Waals surface area contributed by atoms with Crippen molar-refractivity contribution in [3.8, 4) is 0 Å². The summed E-state index contributed by atoms with van der Waals surface area (Å²) in [5, 5.41) is 24.4. The van der Waals surface area contributed by atoms with Gasteiger partial charge in [-0.25, -0.2) is 0 Å². The quantitative estimate of drug-likeness (QED) is 0.160. The number of hydrogen-bond donors (Lipinski definition) is 7. The number of hydrogen-bond acceptors (Lipinski definition) is 7. The summed E-state index contributed by atoms with van der Waals surface area (Å²) in [5.74, 6) is -6.48. The lowest BCUT2D eigenvalue weighted by molar-refractivity contribution is -0.143. The Morgan fingerprint density at radius 3 is 1.77 bits per heavy atom. The summed E-state index contributed by atoms with van der Waals surface area (Å²) in [7, 11) is 0. The van der Waals surface area contributed by atoms with Crippen molar-refractivity contribution >= 4 is 35.6 Å². The molecule has 0 aromatic carbocycles. The van der Waals surface area contributed by atoms with Gasteiger partial charge in [0.25, 0.3) is 0 Å². The van der Waals surface area contributed by atoms with E-state index in [1.54, 1.807) is 13.8 Å². The molecule has 13 heteroatoms. The first kappa shape index (κ1) is 26.8. The second-order valence-corrected chi connectivity index (χ2v) is 7.06. The summed E-state index contributed by atoms with van der Waals surface area (Å²) < 4.78 is 0. The maximum atomic E-state index is 12.6. The van der Waals surface area contributed by atoms with Gasteiger partial charge in [-0.15, -0.1) is 0 Å². The van der Waals surface area contributed by atoms with E-state index in [0.717, 1.165) is 6.92 Å². The van der Waals surface area contributed by atoms with Crippen molar-refractivity contribution < 1.29 is 39.0 Å². The standard InChI is InChI=1S/C17H29N5O8/c1-7(2)13(19)16(28)21-9(4-5-11(18)23)14(26)22-10(6-12(24)25)15(27)20-8(3)17(29)30/h7-10,13H,4-6,19H2,1-3H3,(H2,18,23)(H,20,27)(H,21,28)(H,22,26)(H,24,25)(H,29,30). The van der Waals surface area contributed by atoms with Crippen molar-refractivity contribution in [3.63, 3.8) is 0 Å².